The predicted octanol–water partition coefficient (Wildman–Crippen LogP) is 5.81. The molecule has 0 N–H and O–H groups in total. The summed E-state index contributed by atoms with van der Waals surface area (Å²) in [5, 5.41) is 0.0941. The van der Waals surface area contributed by atoms with Gasteiger partial charge in [0.1, 0.15) is 0 Å². The van der Waals surface area contributed by atoms with Gasteiger partial charge in [0.25, 0.3) is 0 Å². The van der Waals surface area contributed by atoms with Crippen LogP contribution in [0.2, 0.25) is 33.0 Å². The van der Waals surface area contributed by atoms with Gasteiger partial charge in [0, 0.05) is 0 Å². The zero-order valence-corrected chi connectivity index (χ0v) is 24.7. The number of hydrogen-bond donors (Lipinski definition) is 0. The number of ether oxygens (including phenoxy) is 4. The molecule has 0 bridgehead atoms. The Kier molecular flexibility index (Phi) is 6.96. The molecule has 0 amide bonds. The Labute approximate surface area is 198 Å². The number of rotatable bonds is 4. The fourth-order valence-electron chi connectivity index (χ4n) is 4.32. The third-order valence-electron chi connectivity index (χ3n) is 7.27. The fraction of sp³-hybridized carbons (Fsp3) is 0.680. The van der Waals surface area contributed by atoms with Gasteiger partial charge in [-0.15, -0.1) is 0 Å². The first-order chi connectivity index (χ1) is 14.9. The van der Waals surface area contributed by atoms with Crippen molar-refractivity contribution in [3.8, 4) is 0 Å². The summed E-state index contributed by atoms with van der Waals surface area (Å²) in [6.07, 6.45) is 2.02. The van der Waals surface area contributed by atoms with Crippen molar-refractivity contribution in [2.75, 3.05) is 6.61 Å². The summed E-state index contributed by atoms with van der Waals surface area (Å²) in [5.74, 6) is 0. The van der Waals surface area contributed by atoms with E-state index in [1.54, 1.807) is 0 Å². The van der Waals surface area contributed by atoms with Gasteiger partial charge in [-0.05, 0) is 0 Å². The molecular weight excluding hydrogens is 527 g/mol. The van der Waals surface area contributed by atoms with Crippen LogP contribution in [0.15, 0.2) is 40.2 Å². The van der Waals surface area contributed by atoms with E-state index in [9.17, 15) is 0 Å². The van der Waals surface area contributed by atoms with Crippen LogP contribution in [0.1, 0.15) is 39.0 Å². The van der Waals surface area contributed by atoms with Crippen LogP contribution in [0.5, 0.6) is 0 Å². The van der Waals surface area contributed by atoms with Crippen molar-refractivity contribution >= 4 is 26.7 Å². The first kappa shape index (κ1) is 24.7. The normalized spacial score (nSPS) is 33.6. The molecule has 178 valence electrons. The minimum atomic E-state index is -2.38. The molecule has 3 heterocycles. The van der Waals surface area contributed by atoms with Gasteiger partial charge in [0.2, 0.25) is 0 Å². The van der Waals surface area contributed by atoms with Gasteiger partial charge in [-0.1, -0.05) is 0 Å². The van der Waals surface area contributed by atoms with Crippen molar-refractivity contribution in [1.29, 1.82) is 0 Å². The second-order valence-corrected chi connectivity index (χ2v) is 30.9. The average Bonchev–Trinajstić information content (AvgIpc) is 2.72. The molecule has 6 atom stereocenters. The molecule has 0 radical (unpaired) electrons. The summed E-state index contributed by atoms with van der Waals surface area (Å²) < 4.78 is 34.2. The Morgan fingerprint density at radius 3 is 2.28 bits per heavy atom. The van der Waals surface area contributed by atoms with Gasteiger partial charge < -0.3 is 0 Å². The number of benzene rings is 1. The maximum atomic E-state index is 7.08. The zero-order chi connectivity index (χ0) is 23.3. The Hall–Kier alpha value is -0.384. The SMILES string of the molecule is CC(C)(C)[Si](C)(C)O[C@@H]1[C@H]2O[C]([Sn]([CH3])([CH3])[CH3])=CC[C@H]2O[C@@H]2CO[C@@H](c3ccccc3)O[C@@H]12. The van der Waals surface area contributed by atoms with E-state index in [0.29, 0.717) is 6.61 Å². The molecule has 5 nitrogen and oxygen atoms in total. The van der Waals surface area contributed by atoms with E-state index < -0.39 is 33.0 Å². The number of fused-ring (bicyclic) bond motifs is 2. The van der Waals surface area contributed by atoms with Gasteiger partial charge in [0.15, 0.2) is 0 Å². The molecule has 32 heavy (non-hydrogen) atoms. The topological polar surface area (TPSA) is 46.2 Å². The summed E-state index contributed by atoms with van der Waals surface area (Å²) in [4.78, 5) is 7.19. The molecular formula is C25H40O5SiSn. The van der Waals surface area contributed by atoms with E-state index in [2.05, 4.69) is 54.8 Å². The predicted molar refractivity (Wildman–Crippen MR) is 132 cm³/mol. The Morgan fingerprint density at radius 1 is 0.969 bits per heavy atom. The third-order valence-corrected chi connectivity index (χ3v) is 16.9. The van der Waals surface area contributed by atoms with Crippen LogP contribution in [0.4, 0.5) is 0 Å². The molecule has 1 aromatic carbocycles. The molecule has 3 aliphatic heterocycles. The summed E-state index contributed by atoms with van der Waals surface area (Å²) in [5.41, 5.74) is 1.02. The van der Waals surface area contributed by atoms with Crippen molar-refractivity contribution < 1.29 is 23.4 Å². The Balaban J connectivity index is 1.66. The van der Waals surface area contributed by atoms with E-state index in [1.807, 2.05) is 30.3 Å². The molecule has 0 saturated carbocycles. The molecule has 2 fully saturated rings. The van der Waals surface area contributed by atoms with Crippen LogP contribution in [0.3, 0.4) is 0 Å². The van der Waals surface area contributed by atoms with E-state index in [0.717, 1.165) is 12.0 Å². The van der Waals surface area contributed by atoms with Gasteiger partial charge in [-0.3, -0.25) is 0 Å². The summed E-state index contributed by atoms with van der Waals surface area (Å²) in [7, 11) is -2.07. The fourth-order valence-corrected chi connectivity index (χ4v) is 9.11. The molecule has 0 aromatic heterocycles. The summed E-state index contributed by atoms with van der Waals surface area (Å²) in [6, 6.07) is 10.1. The van der Waals surface area contributed by atoms with E-state index in [1.165, 1.54) is 3.78 Å². The van der Waals surface area contributed by atoms with Crippen LogP contribution >= 0.6 is 0 Å². The van der Waals surface area contributed by atoms with E-state index >= 15 is 0 Å². The number of hydrogen-bond acceptors (Lipinski definition) is 5. The quantitative estimate of drug-likeness (QED) is 0.430. The second-order valence-electron chi connectivity index (χ2n) is 11.9. The van der Waals surface area contributed by atoms with Crippen molar-refractivity contribution in [2.45, 2.75) is 97.0 Å². The molecule has 3 aliphatic rings. The average molecular weight is 567 g/mol. The first-order valence-electron chi connectivity index (χ1n) is 11.9. The van der Waals surface area contributed by atoms with Crippen LogP contribution in [-0.2, 0) is 23.4 Å². The van der Waals surface area contributed by atoms with Crippen molar-refractivity contribution in [1.82, 2.24) is 0 Å². The van der Waals surface area contributed by atoms with Gasteiger partial charge >= 0.3 is 199 Å². The van der Waals surface area contributed by atoms with Crippen molar-refractivity contribution in [2.24, 2.45) is 0 Å². The summed E-state index contributed by atoms with van der Waals surface area (Å²) >= 11 is -2.38. The monoisotopic (exact) mass is 568 g/mol. The summed E-state index contributed by atoms with van der Waals surface area (Å²) in [6.45, 7) is 12.0. The van der Waals surface area contributed by atoms with Gasteiger partial charge in [-0.2, -0.15) is 0 Å². The molecule has 4 rings (SSSR count). The first-order valence-corrected chi connectivity index (χ1v) is 24.8. The van der Waals surface area contributed by atoms with E-state index in [-0.39, 0.29) is 35.6 Å². The molecule has 0 spiro atoms. The minimum absolute atomic E-state index is 0.0242. The molecule has 0 unspecified atom stereocenters. The Morgan fingerprint density at radius 2 is 1.66 bits per heavy atom. The standard InChI is InChI=1S/C22H31O5Si.3CH3.Sn/c1-22(2,3)28(4,5)27-20-18-16(12-9-13-23-18)25-17-14-24-21(26-19(17)20)15-10-7-6-8-11-15;;;;/h6-11,16-21H,12,14H2,1-5H3;3*1H3;/t16-,17-,18+,19-,20-,21-;;;;/m1..../s1. The van der Waals surface area contributed by atoms with E-state index in [4.69, 9.17) is 23.4 Å². The van der Waals surface area contributed by atoms with Gasteiger partial charge in [0.05, 0.1) is 0 Å². The van der Waals surface area contributed by atoms with Crippen LogP contribution in [0.25, 0.3) is 0 Å². The second kappa shape index (κ2) is 9.00. The van der Waals surface area contributed by atoms with Crippen LogP contribution in [-0.4, -0.2) is 63.8 Å². The van der Waals surface area contributed by atoms with Crippen LogP contribution in [0, 0.1) is 0 Å². The molecule has 1 aromatic rings. The Bertz CT molecular complexity index is 829. The van der Waals surface area contributed by atoms with Crippen molar-refractivity contribution in [3.63, 3.8) is 0 Å². The van der Waals surface area contributed by atoms with Crippen molar-refractivity contribution in [3.05, 3.63) is 45.7 Å². The molecule has 2 saturated heterocycles. The molecule has 7 heteroatoms. The van der Waals surface area contributed by atoms with Crippen LogP contribution < -0.4 is 0 Å². The zero-order valence-electron chi connectivity index (χ0n) is 20.9. The third kappa shape index (κ3) is 5.00. The maximum absolute atomic E-state index is 7.08. The molecule has 0 aliphatic carbocycles. The van der Waals surface area contributed by atoms with Gasteiger partial charge in [-0.25, -0.2) is 0 Å².